The van der Waals surface area contributed by atoms with E-state index in [9.17, 15) is 0 Å². The maximum atomic E-state index is 9.09. The molecule has 0 aromatic carbocycles. The number of likely N-dealkylation sites (tertiary alicyclic amines) is 1. The molecule has 0 aliphatic carbocycles. The fraction of sp³-hybridized carbons (Fsp3) is 0.700. The number of nitrogens with zero attached hydrogens (tertiary/aromatic N) is 2. The molecule has 0 spiro atoms. The summed E-state index contributed by atoms with van der Waals surface area (Å²) in [7, 11) is 2.09. The van der Waals surface area contributed by atoms with Crippen molar-refractivity contribution in [3.8, 4) is 6.07 Å². The molecule has 0 unspecified atom stereocenters. The van der Waals surface area contributed by atoms with E-state index in [2.05, 4.69) is 29.9 Å². The Morgan fingerprint density at radius 1 is 1.62 bits per heavy atom. The lowest BCUT2D eigenvalue weighted by molar-refractivity contribution is 0.199. The van der Waals surface area contributed by atoms with E-state index in [1.165, 1.54) is 0 Å². The molecule has 0 atom stereocenters. The van der Waals surface area contributed by atoms with Crippen LogP contribution >= 0.6 is 0 Å². The van der Waals surface area contributed by atoms with Crippen molar-refractivity contribution in [3.63, 3.8) is 0 Å². The second-order valence-electron chi connectivity index (χ2n) is 3.67. The van der Waals surface area contributed by atoms with Gasteiger partial charge in [-0.15, -0.1) is 6.58 Å². The van der Waals surface area contributed by atoms with Crippen LogP contribution in [0.5, 0.6) is 0 Å². The maximum Gasteiger partial charge on any atom is 0.109 e. The molecule has 1 heterocycles. The molecule has 1 aliphatic heterocycles. The van der Waals surface area contributed by atoms with Gasteiger partial charge in [-0.25, -0.2) is 0 Å². The summed E-state index contributed by atoms with van der Waals surface area (Å²) in [4.78, 5) is 2.26. The summed E-state index contributed by atoms with van der Waals surface area (Å²) in [5.41, 5.74) is -0.305. The van der Waals surface area contributed by atoms with Crippen molar-refractivity contribution >= 4 is 0 Å². The molecule has 72 valence electrons. The summed E-state index contributed by atoms with van der Waals surface area (Å²) in [5, 5.41) is 12.3. The summed E-state index contributed by atoms with van der Waals surface area (Å²) in [6.07, 6.45) is 3.62. The molecular weight excluding hydrogens is 162 g/mol. The molecule has 1 N–H and O–H groups in total. The molecule has 3 nitrogen and oxygen atoms in total. The van der Waals surface area contributed by atoms with Crippen molar-refractivity contribution < 1.29 is 0 Å². The fourth-order valence-corrected chi connectivity index (χ4v) is 1.60. The average molecular weight is 179 g/mol. The summed E-state index contributed by atoms with van der Waals surface area (Å²) in [6, 6.07) is 2.39. The molecule has 1 aliphatic rings. The first-order valence-electron chi connectivity index (χ1n) is 4.68. The lowest BCUT2D eigenvalue weighted by Gasteiger charge is -2.35. The van der Waals surface area contributed by atoms with Crippen LogP contribution in [-0.4, -0.2) is 37.1 Å². The monoisotopic (exact) mass is 179 g/mol. The Bertz CT molecular complexity index is 209. The van der Waals surface area contributed by atoms with Crippen molar-refractivity contribution in [2.75, 3.05) is 26.7 Å². The Labute approximate surface area is 80.0 Å². The molecule has 0 aromatic heterocycles. The molecule has 0 amide bonds. The molecule has 0 aromatic rings. The summed E-state index contributed by atoms with van der Waals surface area (Å²) >= 11 is 0. The number of hydrogen-bond acceptors (Lipinski definition) is 3. The van der Waals surface area contributed by atoms with Crippen LogP contribution < -0.4 is 5.32 Å². The van der Waals surface area contributed by atoms with Crippen molar-refractivity contribution in [3.05, 3.63) is 12.7 Å². The summed E-state index contributed by atoms with van der Waals surface area (Å²) in [6.45, 7) is 6.36. The van der Waals surface area contributed by atoms with Gasteiger partial charge in [0.2, 0.25) is 0 Å². The van der Waals surface area contributed by atoms with Gasteiger partial charge in [0, 0.05) is 19.6 Å². The van der Waals surface area contributed by atoms with Crippen LogP contribution in [0.3, 0.4) is 0 Å². The van der Waals surface area contributed by atoms with Gasteiger partial charge in [0.1, 0.15) is 5.54 Å². The van der Waals surface area contributed by atoms with E-state index in [1.807, 2.05) is 0 Å². The van der Waals surface area contributed by atoms with Crippen molar-refractivity contribution in [1.82, 2.24) is 10.2 Å². The maximum absolute atomic E-state index is 9.09. The van der Waals surface area contributed by atoms with Gasteiger partial charge in [-0.2, -0.15) is 5.26 Å². The lowest BCUT2D eigenvalue weighted by Crippen LogP contribution is -2.51. The van der Waals surface area contributed by atoms with E-state index in [0.29, 0.717) is 0 Å². The molecule has 1 fully saturated rings. The van der Waals surface area contributed by atoms with Crippen LogP contribution in [0.1, 0.15) is 12.8 Å². The van der Waals surface area contributed by atoms with Gasteiger partial charge in [-0.3, -0.25) is 5.32 Å². The zero-order chi connectivity index (χ0) is 9.73. The van der Waals surface area contributed by atoms with Crippen LogP contribution in [0.25, 0.3) is 0 Å². The minimum atomic E-state index is -0.305. The van der Waals surface area contributed by atoms with Gasteiger partial charge >= 0.3 is 0 Å². The Morgan fingerprint density at radius 3 is 2.69 bits per heavy atom. The zero-order valence-corrected chi connectivity index (χ0v) is 8.21. The van der Waals surface area contributed by atoms with E-state index >= 15 is 0 Å². The molecule has 0 bridgehead atoms. The number of hydrogen-bond donors (Lipinski definition) is 1. The Morgan fingerprint density at radius 2 is 2.23 bits per heavy atom. The highest BCUT2D eigenvalue weighted by Crippen LogP contribution is 2.20. The molecule has 1 saturated heterocycles. The van der Waals surface area contributed by atoms with E-state index in [4.69, 9.17) is 5.26 Å². The first-order chi connectivity index (χ1) is 6.22. The lowest BCUT2D eigenvalue weighted by atomic mass is 9.89. The topological polar surface area (TPSA) is 39.1 Å². The van der Waals surface area contributed by atoms with Crippen molar-refractivity contribution in [1.29, 1.82) is 5.26 Å². The highest BCUT2D eigenvalue weighted by Gasteiger charge is 2.32. The average Bonchev–Trinajstić information content (AvgIpc) is 2.18. The van der Waals surface area contributed by atoms with Gasteiger partial charge in [0.25, 0.3) is 0 Å². The largest absolute Gasteiger partial charge is 0.306 e. The second kappa shape index (κ2) is 4.40. The van der Waals surface area contributed by atoms with Crippen LogP contribution in [0.15, 0.2) is 12.7 Å². The van der Waals surface area contributed by atoms with Crippen LogP contribution in [0, 0.1) is 11.3 Å². The van der Waals surface area contributed by atoms with Crippen LogP contribution in [-0.2, 0) is 0 Å². The first kappa shape index (κ1) is 10.2. The Hall–Kier alpha value is -0.850. The minimum Gasteiger partial charge on any atom is -0.306 e. The summed E-state index contributed by atoms with van der Waals surface area (Å²) < 4.78 is 0. The Kier molecular flexibility index (Phi) is 3.47. The minimum absolute atomic E-state index is 0.305. The van der Waals surface area contributed by atoms with Crippen LogP contribution in [0.2, 0.25) is 0 Å². The predicted molar refractivity (Wildman–Crippen MR) is 53.3 cm³/mol. The molecule has 13 heavy (non-hydrogen) atoms. The number of nitriles is 1. The third kappa shape index (κ3) is 2.55. The molecule has 0 radical (unpaired) electrons. The zero-order valence-electron chi connectivity index (χ0n) is 8.21. The number of rotatable bonds is 3. The Balaban J connectivity index is 2.51. The third-order valence-corrected chi connectivity index (χ3v) is 2.64. The molecule has 1 rings (SSSR count). The molecule has 0 saturated carbocycles. The fourth-order valence-electron chi connectivity index (χ4n) is 1.60. The first-order valence-corrected chi connectivity index (χ1v) is 4.68. The standard InChI is InChI=1S/C10H17N3/c1-3-6-12-10(9-11)4-7-13(2)8-5-10/h3,12H,1,4-8H2,2H3. The highest BCUT2D eigenvalue weighted by molar-refractivity contribution is 5.10. The van der Waals surface area contributed by atoms with E-state index in [1.54, 1.807) is 6.08 Å². The normalized spacial score (nSPS) is 22.2. The van der Waals surface area contributed by atoms with E-state index in [-0.39, 0.29) is 5.54 Å². The van der Waals surface area contributed by atoms with Crippen LogP contribution in [0.4, 0.5) is 0 Å². The number of piperidine rings is 1. The SMILES string of the molecule is C=CCNC1(C#N)CCN(C)CC1. The van der Waals surface area contributed by atoms with E-state index in [0.717, 1.165) is 32.5 Å². The molecular formula is C10H17N3. The van der Waals surface area contributed by atoms with Gasteiger partial charge in [-0.05, 0) is 19.9 Å². The van der Waals surface area contributed by atoms with E-state index < -0.39 is 0 Å². The van der Waals surface area contributed by atoms with Gasteiger partial charge < -0.3 is 4.90 Å². The van der Waals surface area contributed by atoms with Gasteiger partial charge in [-0.1, -0.05) is 6.08 Å². The number of nitrogens with one attached hydrogen (secondary N) is 1. The molecule has 3 heteroatoms. The predicted octanol–water partition coefficient (Wildman–Crippen LogP) is 0.750. The summed E-state index contributed by atoms with van der Waals surface area (Å²) in [5.74, 6) is 0. The quantitative estimate of drug-likeness (QED) is 0.650. The third-order valence-electron chi connectivity index (χ3n) is 2.64. The van der Waals surface area contributed by atoms with Gasteiger partial charge in [0.05, 0.1) is 6.07 Å². The van der Waals surface area contributed by atoms with Crippen molar-refractivity contribution in [2.45, 2.75) is 18.4 Å². The van der Waals surface area contributed by atoms with Gasteiger partial charge in [0.15, 0.2) is 0 Å². The smallest absolute Gasteiger partial charge is 0.109 e. The highest BCUT2D eigenvalue weighted by atomic mass is 15.1. The van der Waals surface area contributed by atoms with Crippen molar-refractivity contribution in [2.24, 2.45) is 0 Å². The second-order valence-corrected chi connectivity index (χ2v) is 3.67.